The van der Waals surface area contributed by atoms with Crippen molar-refractivity contribution in [2.45, 2.75) is 31.3 Å². The normalized spacial score (nSPS) is 11.6. The van der Waals surface area contributed by atoms with Crippen LogP contribution in [0.25, 0.3) is 22.6 Å². The molecule has 0 fully saturated rings. The number of carbonyl (C=O) groups is 1. The van der Waals surface area contributed by atoms with E-state index in [0.717, 1.165) is 17.0 Å². The smallest absolute Gasteiger partial charge is 0.236 e. The van der Waals surface area contributed by atoms with Crippen LogP contribution >= 0.6 is 46.3 Å². The molecule has 0 aliphatic heterocycles. The molecular formula is C24H23Cl2N5OS2. The maximum Gasteiger partial charge on any atom is 0.236 e. The predicted molar refractivity (Wildman–Crippen MR) is 142 cm³/mol. The average molecular weight is 533 g/mol. The summed E-state index contributed by atoms with van der Waals surface area (Å²) in [4.78, 5) is 17.0. The number of amides is 1. The third-order valence-electron chi connectivity index (χ3n) is 5.13. The molecule has 0 saturated heterocycles. The molecule has 0 unspecified atom stereocenters. The molecule has 1 N–H and O–H groups in total. The maximum atomic E-state index is 12.5. The van der Waals surface area contributed by atoms with Gasteiger partial charge in [0.05, 0.1) is 16.5 Å². The molecule has 2 aromatic heterocycles. The third-order valence-corrected chi connectivity index (χ3v) is 7.46. The lowest BCUT2D eigenvalue weighted by Gasteiger charge is -2.19. The van der Waals surface area contributed by atoms with Crippen LogP contribution in [0.4, 0.5) is 5.13 Å². The van der Waals surface area contributed by atoms with Gasteiger partial charge in [0.25, 0.3) is 0 Å². The molecule has 176 valence electrons. The van der Waals surface area contributed by atoms with Gasteiger partial charge in [-0.05, 0) is 29.2 Å². The van der Waals surface area contributed by atoms with E-state index in [0.29, 0.717) is 26.0 Å². The van der Waals surface area contributed by atoms with Crippen LogP contribution in [0.15, 0.2) is 53.0 Å². The van der Waals surface area contributed by atoms with Gasteiger partial charge in [0.1, 0.15) is 0 Å². The Kier molecular flexibility index (Phi) is 7.33. The lowest BCUT2D eigenvalue weighted by Crippen LogP contribution is -2.14. The molecule has 10 heteroatoms. The van der Waals surface area contributed by atoms with E-state index < -0.39 is 0 Å². The number of hydrogen-bond donors (Lipinski definition) is 1. The van der Waals surface area contributed by atoms with E-state index in [1.807, 2.05) is 23.1 Å². The topological polar surface area (TPSA) is 72.7 Å². The van der Waals surface area contributed by atoms with Crippen molar-refractivity contribution in [2.75, 3.05) is 11.1 Å². The Morgan fingerprint density at radius 1 is 1.12 bits per heavy atom. The van der Waals surface area contributed by atoms with Gasteiger partial charge in [0.2, 0.25) is 5.91 Å². The first kappa shape index (κ1) is 24.7. The Labute approximate surface area is 216 Å². The molecule has 0 aliphatic carbocycles. The lowest BCUT2D eigenvalue weighted by molar-refractivity contribution is -0.113. The number of nitrogens with zero attached hydrogens (tertiary/aromatic N) is 4. The van der Waals surface area contributed by atoms with Crippen molar-refractivity contribution in [3.8, 4) is 22.6 Å². The second-order valence-electron chi connectivity index (χ2n) is 8.69. The van der Waals surface area contributed by atoms with Crippen LogP contribution in [-0.4, -0.2) is 31.4 Å². The number of thioether (sulfide) groups is 1. The SMILES string of the molecule is Cn1c(SCC(=O)Nc2nc(-c3ccc(Cl)cc3Cl)cs2)nnc1-c1ccc(C(C)(C)C)cc1. The molecule has 0 spiro atoms. The molecule has 2 heterocycles. The van der Waals surface area contributed by atoms with Crippen LogP contribution in [-0.2, 0) is 17.3 Å². The summed E-state index contributed by atoms with van der Waals surface area (Å²) in [6.07, 6.45) is 0. The summed E-state index contributed by atoms with van der Waals surface area (Å²) >= 11 is 14.9. The fourth-order valence-electron chi connectivity index (χ4n) is 3.25. The second-order valence-corrected chi connectivity index (χ2v) is 11.3. The monoisotopic (exact) mass is 531 g/mol. The van der Waals surface area contributed by atoms with E-state index in [1.165, 1.54) is 28.7 Å². The number of halogens is 2. The Balaban J connectivity index is 1.38. The van der Waals surface area contributed by atoms with Crippen molar-refractivity contribution in [3.63, 3.8) is 0 Å². The van der Waals surface area contributed by atoms with Gasteiger partial charge in [-0.15, -0.1) is 21.5 Å². The lowest BCUT2D eigenvalue weighted by atomic mass is 9.87. The quantitative estimate of drug-likeness (QED) is 0.272. The molecule has 0 saturated carbocycles. The van der Waals surface area contributed by atoms with Gasteiger partial charge in [-0.2, -0.15) is 0 Å². The van der Waals surface area contributed by atoms with Crippen molar-refractivity contribution in [1.29, 1.82) is 0 Å². The minimum atomic E-state index is -0.174. The van der Waals surface area contributed by atoms with Crippen LogP contribution in [0.2, 0.25) is 10.0 Å². The molecule has 6 nitrogen and oxygen atoms in total. The van der Waals surface area contributed by atoms with Gasteiger partial charge in [-0.1, -0.05) is 80.0 Å². The predicted octanol–water partition coefficient (Wildman–Crippen LogP) is 6.94. The summed E-state index contributed by atoms with van der Waals surface area (Å²) in [6.45, 7) is 6.55. The first-order chi connectivity index (χ1) is 16.1. The fourth-order valence-corrected chi connectivity index (χ4v) is 5.19. The highest BCUT2D eigenvalue weighted by molar-refractivity contribution is 7.99. The zero-order valence-electron chi connectivity index (χ0n) is 19.1. The van der Waals surface area contributed by atoms with Crippen molar-refractivity contribution in [1.82, 2.24) is 19.7 Å². The number of aromatic nitrogens is 4. The molecule has 0 atom stereocenters. The number of anilines is 1. The maximum absolute atomic E-state index is 12.5. The molecule has 1 amide bonds. The summed E-state index contributed by atoms with van der Waals surface area (Å²) in [5.74, 6) is 0.769. The highest BCUT2D eigenvalue weighted by Crippen LogP contribution is 2.32. The summed E-state index contributed by atoms with van der Waals surface area (Å²) in [5, 5.41) is 15.5. The van der Waals surface area contributed by atoms with Gasteiger partial charge in [0.15, 0.2) is 16.1 Å². The average Bonchev–Trinajstić information content (AvgIpc) is 3.38. The van der Waals surface area contributed by atoms with Crippen LogP contribution in [0.1, 0.15) is 26.3 Å². The van der Waals surface area contributed by atoms with Crippen LogP contribution < -0.4 is 5.32 Å². The number of hydrogen-bond acceptors (Lipinski definition) is 6. The van der Waals surface area contributed by atoms with Crippen LogP contribution in [0, 0.1) is 0 Å². The number of rotatable bonds is 6. The number of nitrogens with one attached hydrogen (secondary N) is 1. The zero-order valence-corrected chi connectivity index (χ0v) is 22.2. The molecule has 34 heavy (non-hydrogen) atoms. The van der Waals surface area contributed by atoms with Gasteiger partial charge < -0.3 is 9.88 Å². The molecule has 4 aromatic rings. The first-order valence-corrected chi connectivity index (χ1v) is 13.1. The molecule has 0 radical (unpaired) electrons. The largest absolute Gasteiger partial charge is 0.305 e. The minimum Gasteiger partial charge on any atom is -0.305 e. The van der Waals surface area contributed by atoms with Gasteiger partial charge >= 0.3 is 0 Å². The van der Waals surface area contributed by atoms with Crippen molar-refractivity contribution < 1.29 is 4.79 Å². The number of thiazole rings is 1. The summed E-state index contributed by atoms with van der Waals surface area (Å²) in [7, 11) is 1.90. The zero-order chi connectivity index (χ0) is 24.5. The Bertz CT molecular complexity index is 1330. The molecular weight excluding hydrogens is 509 g/mol. The Morgan fingerprint density at radius 3 is 2.53 bits per heavy atom. The van der Waals surface area contributed by atoms with E-state index in [1.54, 1.807) is 12.1 Å². The van der Waals surface area contributed by atoms with E-state index in [-0.39, 0.29) is 17.1 Å². The summed E-state index contributed by atoms with van der Waals surface area (Å²) in [5.41, 5.74) is 3.78. The molecule has 0 aliphatic rings. The van der Waals surface area contributed by atoms with Gasteiger partial charge in [0, 0.05) is 28.6 Å². The number of carbonyl (C=O) groups excluding carboxylic acids is 1. The Hall–Kier alpha value is -2.39. The molecule has 4 rings (SSSR count). The van der Waals surface area contributed by atoms with Crippen LogP contribution in [0.3, 0.4) is 0 Å². The fraction of sp³-hybridized carbons (Fsp3) is 0.250. The van der Waals surface area contributed by atoms with Crippen molar-refractivity contribution in [2.24, 2.45) is 7.05 Å². The van der Waals surface area contributed by atoms with Crippen molar-refractivity contribution in [3.05, 3.63) is 63.5 Å². The Morgan fingerprint density at radius 2 is 1.85 bits per heavy atom. The first-order valence-electron chi connectivity index (χ1n) is 10.5. The standard InChI is InChI=1S/C24H23Cl2N5OS2/c1-24(2,3)15-7-5-14(6-8-15)21-29-30-23(31(21)4)34-13-20(32)28-22-27-19(12-33-22)17-10-9-16(25)11-18(17)26/h5-12H,13H2,1-4H3,(H,27,28,32). The van der Waals surface area contributed by atoms with E-state index in [9.17, 15) is 4.79 Å². The summed E-state index contributed by atoms with van der Waals surface area (Å²) in [6, 6.07) is 13.6. The van der Waals surface area contributed by atoms with Crippen molar-refractivity contribution >= 4 is 57.3 Å². The molecule has 2 aromatic carbocycles. The highest BCUT2D eigenvalue weighted by Gasteiger charge is 2.17. The van der Waals surface area contributed by atoms with E-state index >= 15 is 0 Å². The van der Waals surface area contributed by atoms with E-state index in [4.69, 9.17) is 23.2 Å². The highest BCUT2D eigenvalue weighted by atomic mass is 35.5. The third kappa shape index (κ3) is 5.63. The molecule has 0 bridgehead atoms. The summed E-state index contributed by atoms with van der Waals surface area (Å²) < 4.78 is 1.90. The van der Waals surface area contributed by atoms with Gasteiger partial charge in [-0.3, -0.25) is 4.79 Å². The second kappa shape index (κ2) is 10.1. The van der Waals surface area contributed by atoms with Crippen LogP contribution in [0.5, 0.6) is 0 Å². The number of benzene rings is 2. The van der Waals surface area contributed by atoms with E-state index in [2.05, 4.69) is 65.5 Å². The minimum absolute atomic E-state index is 0.0893. The van der Waals surface area contributed by atoms with Gasteiger partial charge in [-0.25, -0.2) is 4.98 Å².